The SMILES string of the molecule is Cc1c(C(C)NC(=O)CN2CC(=O)NC2=O)cnn1-c1ccc(F)cc1F. The van der Waals surface area contributed by atoms with E-state index in [1.807, 2.05) is 0 Å². The van der Waals surface area contributed by atoms with Gasteiger partial charge in [-0.1, -0.05) is 0 Å². The molecule has 1 aliphatic rings. The molecule has 1 unspecified atom stereocenters. The number of amides is 4. The molecule has 27 heavy (non-hydrogen) atoms. The van der Waals surface area contributed by atoms with E-state index in [4.69, 9.17) is 0 Å². The number of halogens is 2. The topological polar surface area (TPSA) is 96.3 Å². The number of nitrogens with zero attached hydrogens (tertiary/aromatic N) is 3. The van der Waals surface area contributed by atoms with Crippen LogP contribution in [0.3, 0.4) is 0 Å². The third-order valence-corrected chi connectivity index (χ3v) is 4.23. The predicted molar refractivity (Wildman–Crippen MR) is 89.9 cm³/mol. The lowest BCUT2D eigenvalue weighted by molar-refractivity contribution is -0.122. The molecule has 142 valence electrons. The normalized spacial score (nSPS) is 15.0. The minimum absolute atomic E-state index is 0.0888. The standard InChI is InChI=1S/C17H17F2N5O3/c1-9(21-15(25)7-23-8-16(26)22-17(23)27)12-6-20-24(10(12)2)14-4-3-11(18)5-13(14)19/h3-6,9H,7-8H2,1-2H3,(H,21,25)(H,22,26,27). The monoisotopic (exact) mass is 377 g/mol. The van der Waals surface area contributed by atoms with Crippen molar-refractivity contribution in [3.8, 4) is 5.69 Å². The summed E-state index contributed by atoms with van der Waals surface area (Å²) in [6, 6.07) is 2.09. The highest BCUT2D eigenvalue weighted by atomic mass is 19.1. The van der Waals surface area contributed by atoms with Crippen LogP contribution in [0, 0.1) is 18.6 Å². The fourth-order valence-electron chi connectivity index (χ4n) is 2.89. The number of carbonyl (C=O) groups excluding carboxylic acids is 3. The quantitative estimate of drug-likeness (QED) is 0.765. The van der Waals surface area contributed by atoms with Crippen LogP contribution in [-0.4, -0.2) is 45.6 Å². The molecule has 1 atom stereocenters. The van der Waals surface area contributed by atoms with Gasteiger partial charge in [0.25, 0.3) is 0 Å². The van der Waals surface area contributed by atoms with E-state index in [9.17, 15) is 23.2 Å². The van der Waals surface area contributed by atoms with Crippen LogP contribution in [0.1, 0.15) is 24.2 Å². The van der Waals surface area contributed by atoms with Crippen molar-refractivity contribution in [2.45, 2.75) is 19.9 Å². The zero-order valence-corrected chi connectivity index (χ0v) is 14.6. The van der Waals surface area contributed by atoms with Crippen LogP contribution in [0.15, 0.2) is 24.4 Å². The van der Waals surface area contributed by atoms with Crippen molar-refractivity contribution >= 4 is 17.8 Å². The van der Waals surface area contributed by atoms with E-state index in [0.29, 0.717) is 11.3 Å². The molecule has 1 saturated heterocycles. The molecule has 1 aliphatic heterocycles. The average Bonchev–Trinajstić information content (AvgIpc) is 3.09. The molecule has 3 rings (SSSR count). The van der Waals surface area contributed by atoms with Crippen LogP contribution in [-0.2, 0) is 9.59 Å². The molecule has 4 amide bonds. The van der Waals surface area contributed by atoms with Crippen molar-refractivity contribution in [1.82, 2.24) is 25.3 Å². The Balaban J connectivity index is 1.71. The third kappa shape index (κ3) is 3.78. The van der Waals surface area contributed by atoms with Crippen molar-refractivity contribution < 1.29 is 23.2 Å². The van der Waals surface area contributed by atoms with Crippen LogP contribution < -0.4 is 10.6 Å². The second-order valence-electron chi connectivity index (χ2n) is 6.19. The third-order valence-electron chi connectivity index (χ3n) is 4.23. The number of rotatable bonds is 5. The Morgan fingerprint density at radius 1 is 1.37 bits per heavy atom. The van der Waals surface area contributed by atoms with E-state index < -0.39 is 35.5 Å². The highest BCUT2D eigenvalue weighted by Crippen LogP contribution is 2.22. The van der Waals surface area contributed by atoms with Gasteiger partial charge >= 0.3 is 6.03 Å². The molecule has 1 fully saturated rings. The van der Waals surface area contributed by atoms with E-state index in [1.54, 1.807) is 13.8 Å². The molecule has 8 nitrogen and oxygen atoms in total. The Morgan fingerprint density at radius 3 is 2.74 bits per heavy atom. The number of aromatic nitrogens is 2. The van der Waals surface area contributed by atoms with Gasteiger partial charge in [0.15, 0.2) is 5.82 Å². The first-order chi connectivity index (χ1) is 12.8. The first kappa shape index (κ1) is 18.5. The molecule has 0 saturated carbocycles. The van der Waals surface area contributed by atoms with Crippen molar-refractivity contribution in [2.24, 2.45) is 0 Å². The molecular formula is C17H17F2N5O3. The van der Waals surface area contributed by atoms with Crippen molar-refractivity contribution in [3.63, 3.8) is 0 Å². The minimum Gasteiger partial charge on any atom is -0.348 e. The molecule has 2 heterocycles. The van der Waals surface area contributed by atoms with E-state index in [-0.39, 0.29) is 18.8 Å². The smallest absolute Gasteiger partial charge is 0.325 e. The average molecular weight is 377 g/mol. The fraction of sp³-hybridized carbons (Fsp3) is 0.294. The second kappa shape index (κ2) is 7.14. The van der Waals surface area contributed by atoms with Gasteiger partial charge in [0.1, 0.15) is 24.6 Å². The molecule has 0 spiro atoms. The Labute approximate surface area is 153 Å². The van der Waals surface area contributed by atoms with E-state index in [1.165, 1.54) is 16.9 Å². The molecule has 0 bridgehead atoms. The molecule has 0 radical (unpaired) electrons. The summed E-state index contributed by atoms with van der Waals surface area (Å²) in [7, 11) is 0. The Hall–Kier alpha value is -3.30. The van der Waals surface area contributed by atoms with Gasteiger partial charge < -0.3 is 10.2 Å². The number of nitrogens with one attached hydrogen (secondary N) is 2. The number of benzene rings is 1. The van der Waals surface area contributed by atoms with Crippen LogP contribution in [0.4, 0.5) is 13.6 Å². The van der Waals surface area contributed by atoms with Crippen LogP contribution >= 0.6 is 0 Å². The van der Waals surface area contributed by atoms with E-state index >= 15 is 0 Å². The molecule has 1 aromatic heterocycles. The first-order valence-corrected chi connectivity index (χ1v) is 8.14. The Kier molecular flexibility index (Phi) is 4.89. The van der Waals surface area contributed by atoms with Crippen molar-refractivity contribution in [2.75, 3.05) is 13.1 Å². The lowest BCUT2D eigenvalue weighted by Gasteiger charge is -2.17. The number of urea groups is 1. The van der Waals surface area contributed by atoms with Crippen LogP contribution in [0.5, 0.6) is 0 Å². The maximum atomic E-state index is 14.0. The summed E-state index contributed by atoms with van der Waals surface area (Å²) >= 11 is 0. The summed E-state index contributed by atoms with van der Waals surface area (Å²) in [6.45, 7) is 2.98. The predicted octanol–water partition coefficient (Wildman–Crippen LogP) is 1.19. The number of hydrogen-bond acceptors (Lipinski definition) is 4. The van der Waals surface area contributed by atoms with Gasteiger partial charge in [-0.3, -0.25) is 14.9 Å². The fourth-order valence-corrected chi connectivity index (χ4v) is 2.89. The first-order valence-electron chi connectivity index (χ1n) is 8.14. The van der Waals surface area contributed by atoms with Crippen LogP contribution in [0.25, 0.3) is 5.69 Å². The zero-order chi connectivity index (χ0) is 19.7. The zero-order valence-electron chi connectivity index (χ0n) is 14.6. The van der Waals surface area contributed by atoms with Gasteiger partial charge in [0.2, 0.25) is 11.8 Å². The second-order valence-corrected chi connectivity index (χ2v) is 6.19. The highest BCUT2D eigenvalue weighted by Gasteiger charge is 2.28. The lowest BCUT2D eigenvalue weighted by atomic mass is 10.1. The molecule has 1 aromatic carbocycles. The van der Waals surface area contributed by atoms with Gasteiger partial charge in [0, 0.05) is 17.3 Å². The van der Waals surface area contributed by atoms with Crippen molar-refractivity contribution in [1.29, 1.82) is 0 Å². The van der Waals surface area contributed by atoms with E-state index in [0.717, 1.165) is 17.0 Å². The van der Waals surface area contributed by atoms with Crippen LogP contribution in [0.2, 0.25) is 0 Å². The van der Waals surface area contributed by atoms with E-state index in [2.05, 4.69) is 15.7 Å². The summed E-state index contributed by atoms with van der Waals surface area (Å²) in [4.78, 5) is 35.9. The Bertz CT molecular complexity index is 927. The summed E-state index contributed by atoms with van der Waals surface area (Å²) in [6.07, 6.45) is 1.48. The number of imide groups is 1. The maximum absolute atomic E-state index is 14.0. The number of carbonyl (C=O) groups is 3. The molecule has 2 aromatic rings. The highest BCUT2D eigenvalue weighted by molar-refractivity contribution is 6.03. The number of hydrogen-bond donors (Lipinski definition) is 2. The lowest BCUT2D eigenvalue weighted by Crippen LogP contribution is -2.39. The van der Waals surface area contributed by atoms with Gasteiger partial charge in [-0.2, -0.15) is 5.10 Å². The molecule has 0 aliphatic carbocycles. The van der Waals surface area contributed by atoms with Crippen molar-refractivity contribution in [3.05, 3.63) is 47.3 Å². The maximum Gasteiger partial charge on any atom is 0.325 e. The summed E-state index contributed by atoms with van der Waals surface area (Å²) < 4.78 is 28.4. The largest absolute Gasteiger partial charge is 0.348 e. The minimum atomic E-state index is -0.755. The van der Waals surface area contributed by atoms with Gasteiger partial charge in [-0.25, -0.2) is 18.3 Å². The molecule has 10 heteroatoms. The summed E-state index contributed by atoms with van der Waals surface area (Å²) in [5.41, 5.74) is 1.29. The molecule has 2 N–H and O–H groups in total. The summed E-state index contributed by atoms with van der Waals surface area (Å²) in [5.74, 6) is -2.35. The van der Waals surface area contributed by atoms with Gasteiger partial charge in [0.05, 0.1) is 12.2 Å². The Morgan fingerprint density at radius 2 is 2.11 bits per heavy atom. The van der Waals surface area contributed by atoms with Gasteiger partial charge in [-0.15, -0.1) is 0 Å². The molecular weight excluding hydrogens is 360 g/mol. The van der Waals surface area contributed by atoms with Gasteiger partial charge in [-0.05, 0) is 26.0 Å². The summed E-state index contributed by atoms with van der Waals surface area (Å²) in [5, 5.41) is 8.91.